The number of amides is 1. The molecule has 0 aliphatic heterocycles. The zero-order valence-corrected chi connectivity index (χ0v) is 12.6. The Balaban J connectivity index is 2.15. The summed E-state index contributed by atoms with van der Waals surface area (Å²) in [5.74, 6) is 0.771. The number of aryl methyl sites for hydroxylation is 1. The second-order valence-corrected chi connectivity index (χ2v) is 5.09. The Morgan fingerprint density at radius 2 is 2.00 bits per heavy atom. The molecule has 0 saturated carbocycles. The molecule has 110 valence electrons. The van der Waals surface area contributed by atoms with Crippen molar-refractivity contribution in [3.63, 3.8) is 0 Å². The van der Waals surface area contributed by atoms with Crippen LogP contribution in [-0.2, 0) is 6.54 Å². The van der Waals surface area contributed by atoms with E-state index in [1.54, 1.807) is 31.2 Å². The van der Waals surface area contributed by atoms with Gasteiger partial charge in [-0.05, 0) is 48.4 Å². The highest BCUT2D eigenvalue weighted by molar-refractivity contribution is 5.95. The summed E-state index contributed by atoms with van der Waals surface area (Å²) in [4.78, 5) is 14.2. The molecular weight excluding hydrogens is 264 g/mol. The molecule has 21 heavy (non-hydrogen) atoms. The lowest BCUT2D eigenvalue weighted by Gasteiger charge is -2.19. The number of hydrogen-bond acceptors (Lipinski definition) is 3. The van der Waals surface area contributed by atoms with Crippen LogP contribution in [0, 0.1) is 6.92 Å². The molecule has 0 bridgehead atoms. The molecule has 0 aliphatic rings. The molecule has 0 atom stereocenters. The summed E-state index contributed by atoms with van der Waals surface area (Å²) in [6.07, 6.45) is 0. The Hall–Kier alpha value is -2.49. The minimum atomic E-state index is -0.0182. The number of carbonyl (C=O) groups excluding carboxylic acids is 1. The van der Waals surface area contributed by atoms with Crippen LogP contribution >= 0.6 is 0 Å². The predicted octanol–water partition coefficient (Wildman–Crippen LogP) is 2.86. The average molecular weight is 284 g/mol. The Morgan fingerprint density at radius 1 is 1.24 bits per heavy atom. The third kappa shape index (κ3) is 3.54. The van der Waals surface area contributed by atoms with Crippen LogP contribution in [0.15, 0.2) is 42.5 Å². The first kappa shape index (κ1) is 14.9. The van der Waals surface area contributed by atoms with Gasteiger partial charge in [-0.1, -0.05) is 12.1 Å². The van der Waals surface area contributed by atoms with Gasteiger partial charge < -0.3 is 15.4 Å². The van der Waals surface area contributed by atoms with Crippen LogP contribution in [0.25, 0.3) is 0 Å². The van der Waals surface area contributed by atoms with Crippen LogP contribution in [0.3, 0.4) is 0 Å². The number of ether oxygens (including phenoxy) is 1. The lowest BCUT2D eigenvalue weighted by molar-refractivity contribution is 0.0784. The molecule has 4 nitrogen and oxygen atoms in total. The summed E-state index contributed by atoms with van der Waals surface area (Å²) < 4.78 is 5.20. The summed E-state index contributed by atoms with van der Waals surface area (Å²) in [7, 11) is 3.42. The van der Waals surface area contributed by atoms with Crippen LogP contribution in [0.4, 0.5) is 5.69 Å². The quantitative estimate of drug-likeness (QED) is 0.878. The van der Waals surface area contributed by atoms with Crippen LogP contribution in [0.5, 0.6) is 5.75 Å². The van der Waals surface area contributed by atoms with Gasteiger partial charge in [0.1, 0.15) is 5.75 Å². The maximum Gasteiger partial charge on any atom is 0.254 e. The van der Waals surface area contributed by atoms with E-state index in [4.69, 9.17) is 10.5 Å². The zero-order valence-electron chi connectivity index (χ0n) is 12.6. The van der Waals surface area contributed by atoms with Crippen molar-refractivity contribution < 1.29 is 9.53 Å². The molecule has 0 aliphatic carbocycles. The van der Waals surface area contributed by atoms with Crippen molar-refractivity contribution in [2.45, 2.75) is 13.5 Å². The molecule has 0 radical (unpaired) electrons. The number of nitrogen functional groups attached to an aromatic ring is 1. The molecule has 2 rings (SSSR count). The largest absolute Gasteiger partial charge is 0.497 e. The molecule has 1 amide bonds. The first-order chi connectivity index (χ1) is 10.0. The third-order valence-electron chi connectivity index (χ3n) is 3.38. The summed E-state index contributed by atoms with van der Waals surface area (Å²) >= 11 is 0. The van der Waals surface area contributed by atoms with Gasteiger partial charge in [0, 0.05) is 24.8 Å². The van der Waals surface area contributed by atoms with Crippen molar-refractivity contribution in [3.8, 4) is 5.75 Å². The van der Waals surface area contributed by atoms with E-state index in [2.05, 4.69) is 0 Å². The van der Waals surface area contributed by atoms with E-state index in [1.165, 1.54) is 0 Å². The Morgan fingerprint density at radius 3 is 2.67 bits per heavy atom. The number of methoxy groups -OCH3 is 1. The van der Waals surface area contributed by atoms with Gasteiger partial charge in [-0.15, -0.1) is 0 Å². The number of rotatable bonds is 4. The van der Waals surface area contributed by atoms with Gasteiger partial charge in [-0.2, -0.15) is 0 Å². The highest BCUT2D eigenvalue weighted by atomic mass is 16.5. The topological polar surface area (TPSA) is 55.6 Å². The molecule has 2 N–H and O–H groups in total. The number of benzene rings is 2. The maximum absolute atomic E-state index is 12.5. The highest BCUT2D eigenvalue weighted by Crippen LogP contribution is 2.17. The van der Waals surface area contributed by atoms with E-state index in [0.29, 0.717) is 17.8 Å². The van der Waals surface area contributed by atoms with Crippen LogP contribution < -0.4 is 10.5 Å². The number of carbonyl (C=O) groups is 1. The second kappa shape index (κ2) is 6.31. The Bertz CT molecular complexity index is 653. The minimum absolute atomic E-state index is 0.0182. The van der Waals surface area contributed by atoms with Gasteiger partial charge in [0.25, 0.3) is 5.91 Å². The number of nitrogens with zero attached hydrogens (tertiary/aromatic N) is 1. The van der Waals surface area contributed by atoms with Crippen LogP contribution in [-0.4, -0.2) is 25.0 Å². The lowest BCUT2D eigenvalue weighted by atomic mass is 10.1. The molecule has 0 unspecified atom stereocenters. The Labute approximate surface area is 125 Å². The summed E-state index contributed by atoms with van der Waals surface area (Å²) in [6.45, 7) is 2.42. The maximum atomic E-state index is 12.5. The van der Waals surface area contributed by atoms with Gasteiger partial charge in [0.05, 0.1) is 7.11 Å². The molecule has 0 spiro atoms. The predicted molar refractivity (Wildman–Crippen MR) is 84.4 cm³/mol. The summed E-state index contributed by atoms with van der Waals surface area (Å²) in [5.41, 5.74) is 8.98. The van der Waals surface area contributed by atoms with Gasteiger partial charge in [0.15, 0.2) is 0 Å². The molecule has 0 fully saturated rings. The third-order valence-corrected chi connectivity index (χ3v) is 3.38. The van der Waals surface area contributed by atoms with E-state index in [0.717, 1.165) is 16.9 Å². The van der Waals surface area contributed by atoms with Crippen molar-refractivity contribution in [3.05, 3.63) is 59.2 Å². The fraction of sp³-hybridized carbons (Fsp3) is 0.235. The summed E-state index contributed by atoms with van der Waals surface area (Å²) in [6, 6.07) is 13.0. The molecular formula is C17H20N2O2. The first-order valence-corrected chi connectivity index (χ1v) is 6.76. The van der Waals surface area contributed by atoms with Crippen LogP contribution in [0.1, 0.15) is 21.5 Å². The van der Waals surface area contributed by atoms with Gasteiger partial charge in [0.2, 0.25) is 0 Å². The van der Waals surface area contributed by atoms with Crippen molar-refractivity contribution >= 4 is 11.6 Å². The number of hydrogen-bond donors (Lipinski definition) is 1. The SMILES string of the molecule is COc1cccc(CN(C)C(=O)c2ccc(N)cc2C)c1. The van der Waals surface area contributed by atoms with Crippen molar-refractivity contribution in [2.75, 3.05) is 19.9 Å². The lowest BCUT2D eigenvalue weighted by Crippen LogP contribution is -2.26. The first-order valence-electron chi connectivity index (χ1n) is 6.76. The molecule has 0 heterocycles. The zero-order chi connectivity index (χ0) is 15.4. The van der Waals surface area contributed by atoms with E-state index in [9.17, 15) is 4.79 Å². The number of anilines is 1. The minimum Gasteiger partial charge on any atom is -0.497 e. The van der Waals surface area contributed by atoms with Crippen LogP contribution in [0.2, 0.25) is 0 Å². The average Bonchev–Trinajstić information content (AvgIpc) is 2.46. The standard InChI is InChI=1S/C17H20N2O2/c1-12-9-14(18)7-8-16(12)17(20)19(2)11-13-5-4-6-15(10-13)21-3/h4-10H,11,18H2,1-3H3. The molecule has 2 aromatic rings. The van der Waals surface area contributed by atoms with Gasteiger partial charge in [-0.25, -0.2) is 0 Å². The molecule has 0 saturated heterocycles. The molecule has 2 aromatic carbocycles. The fourth-order valence-electron chi connectivity index (χ4n) is 2.25. The monoisotopic (exact) mass is 284 g/mol. The van der Waals surface area contributed by atoms with E-state index < -0.39 is 0 Å². The number of nitrogens with two attached hydrogens (primary N) is 1. The smallest absolute Gasteiger partial charge is 0.254 e. The van der Waals surface area contributed by atoms with E-state index in [-0.39, 0.29) is 5.91 Å². The normalized spacial score (nSPS) is 10.2. The second-order valence-electron chi connectivity index (χ2n) is 5.09. The van der Waals surface area contributed by atoms with Gasteiger partial charge >= 0.3 is 0 Å². The Kier molecular flexibility index (Phi) is 4.48. The van der Waals surface area contributed by atoms with Gasteiger partial charge in [-0.3, -0.25) is 4.79 Å². The van der Waals surface area contributed by atoms with Crippen molar-refractivity contribution in [1.29, 1.82) is 0 Å². The van der Waals surface area contributed by atoms with Crippen molar-refractivity contribution in [1.82, 2.24) is 4.90 Å². The van der Waals surface area contributed by atoms with E-state index in [1.807, 2.05) is 37.3 Å². The molecule has 4 heteroatoms. The van der Waals surface area contributed by atoms with E-state index >= 15 is 0 Å². The highest BCUT2D eigenvalue weighted by Gasteiger charge is 2.14. The fourth-order valence-corrected chi connectivity index (χ4v) is 2.25. The van der Waals surface area contributed by atoms with Crippen molar-refractivity contribution in [2.24, 2.45) is 0 Å². The summed E-state index contributed by atoms with van der Waals surface area (Å²) in [5, 5.41) is 0. The molecule has 0 aromatic heterocycles.